The summed E-state index contributed by atoms with van der Waals surface area (Å²) in [5.41, 5.74) is 4.12. The van der Waals surface area contributed by atoms with E-state index >= 15 is 0 Å². The van der Waals surface area contributed by atoms with E-state index in [4.69, 9.17) is 4.74 Å². The van der Waals surface area contributed by atoms with Crippen LogP contribution < -0.4 is 4.74 Å². The van der Waals surface area contributed by atoms with E-state index in [0.717, 1.165) is 35.2 Å². The fourth-order valence-electron chi connectivity index (χ4n) is 3.21. The van der Waals surface area contributed by atoms with Crippen LogP contribution in [0.4, 0.5) is 0 Å². The van der Waals surface area contributed by atoms with Crippen LogP contribution in [0.3, 0.4) is 0 Å². The van der Waals surface area contributed by atoms with Gasteiger partial charge in [-0.15, -0.1) is 0 Å². The van der Waals surface area contributed by atoms with Crippen molar-refractivity contribution in [1.29, 1.82) is 0 Å². The van der Waals surface area contributed by atoms with Crippen molar-refractivity contribution in [3.63, 3.8) is 0 Å². The minimum Gasteiger partial charge on any atom is -0.426 e. The van der Waals surface area contributed by atoms with Crippen molar-refractivity contribution in [3.8, 4) is 5.75 Å². The number of hydrogen-bond donors (Lipinski definition) is 1. The third-order valence-corrected chi connectivity index (χ3v) is 4.46. The predicted octanol–water partition coefficient (Wildman–Crippen LogP) is 3.40. The first kappa shape index (κ1) is 20.1. The molecule has 0 aliphatic carbocycles. The summed E-state index contributed by atoms with van der Waals surface area (Å²) in [5, 5.41) is 9.79. The molecule has 0 fully saturated rings. The van der Waals surface area contributed by atoms with Gasteiger partial charge in [-0.2, -0.15) is 0 Å². The van der Waals surface area contributed by atoms with Gasteiger partial charge in [0, 0.05) is 38.4 Å². The van der Waals surface area contributed by atoms with E-state index < -0.39 is 0 Å². The molecule has 1 N–H and O–H groups in total. The summed E-state index contributed by atoms with van der Waals surface area (Å²) in [6.45, 7) is 8.92. The summed E-state index contributed by atoms with van der Waals surface area (Å²) in [4.78, 5) is 17.7. The lowest BCUT2D eigenvalue weighted by Gasteiger charge is -2.30. The van der Waals surface area contributed by atoms with Gasteiger partial charge in [-0.25, -0.2) is 0 Å². The highest BCUT2D eigenvalue weighted by Gasteiger charge is 2.18. The van der Waals surface area contributed by atoms with E-state index in [-0.39, 0.29) is 18.6 Å². The minimum atomic E-state index is -0.312. The zero-order chi connectivity index (χ0) is 19.1. The van der Waals surface area contributed by atoms with E-state index in [1.807, 2.05) is 44.3 Å². The van der Waals surface area contributed by atoms with E-state index in [1.54, 1.807) is 6.20 Å². The normalized spacial score (nSPS) is 12.2. The number of aliphatic hydroxyl groups excluding tert-OH is 1. The Kier molecular flexibility index (Phi) is 7.30. The molecule has 26 heavy (non-hydrogen) atoms. The number of benzene rings is 1. The molecule has 5 nitrogen and oxygen atoms in total. The van der Waals surface area contributed by atoms with Gasteiger partial charge in [0.15, 0.2) is 0 Å². The zero-order valence-corrected chi connectivity index (χ0v) is 16.0. The highest BCUT2D eigenvalue weighted by Crippen LogP contribution is 2.26. The fraction of sp³-hybridized carbons (Fsp3) is 0.429. The molecule has 0 bridgehead atoms. The van der Waals surface area contributed by atoms with Crippen molar-refractivity contribution >= 4 is 5.97 Å². The number of rotatable bonds is 8. The molecule has 5 heteroatoms. The maximum Gasteiger partial charge on any atom is 0.308 e. The number of aromatic nitrogens is 1. The number of carbonyl (C=O) groups is 1. The highest BCUT2D eigenvalue weighted by molar-refractivity contribution is 5.70. The topological polar surface area (TPSA) is 62.7 Å². The molecule has 1 heterocycles. The van der Waals surface area contributed by atoms with Crippen molar-refractivity contribution in [3.05, 3.63) is 58.9 Å². The summed E-state index contributed by atoms with van der Waals surface area (Å²) in [7, 11) is 0. The van der Waals surface area contributed by atoms with Crippen LogP contribution in [0.1, 0.15) is 42.5 Å². The molecule has 0 saturated heterocycles. The summed E-state index contributed by atoms with van der Waals surface area (Å²) >= 11 is 0. The van der Waals surface area contributed by atoms with Gasteiger partial charge in [0.1, 0.15) is 5.75 Å². The largest absolute Gasteiger partial charge is 0.426 e. The maximum atomic E-state index is 11.3. The van der Waals surface area contributed by atoms with E-state index in [2.05, 4.69) is 16.8 Å². The van der Waals surface area contributed by atoms with Crippen LogP contribution in [0.25, 0.3) is 0 Å². The van der Waals surface area contributed by atoms with Crippen LogP contribution in [0.5, 0.6) is 5.75 Å². The summed E-state index contributed by atoms with van der Waals surface area (Å²) in [6, 6.07) is 8.14. The lowest BCUT2D eigenvalue weighted by atomic mass is 10.0. The van der Waals surface area contributed by atoms with Crippen molar-refractivity contribution in [2.75, 3.05) is 6.61 Å². The molecule has 0 aliphatic heterocycles. The van der Waals surface area contributed by atoms with Gasteiger partial charge in [0.25, 0.3) is 0 Å². The molecular weight excluding hydrogens is 328 g/mol. The van der Waals surface area contributed by atoms with Crippen molar-refractivity contribution in [2.24, 2.45) is 0 Å². The van der Waals surface area contributed by atoms with E-state index in [1.165, 1.54) is 6.92 Å². The first-order chi connectivity index (χ1) is 12.4. The Bertz CT molecular complexity index is 704. The standard InChI is InChI=1S/C21H28N2O3/c1-5-20(14-24)23(12-18-7-6-8-22-11-18)13-19-9-15(2)21(16(3)10-19)26-17(4)25/h6-11,20,24H,5,12-14H2,1-4H3/t20-/m1/s1. The number of hydrogen-bond acceptors (Lipinski definition) is 5. The summed E-state index contributed by atoms with van der Waals surface area (Å²) < 4.78 is 5.32. The van der Waals surface area contributed by atoms with Crippen molar-refractivity contribution in [1.82, 2.24) is 9.88 Å². The Balaban J connectivity index is 2.25. The molecule has 1 aromatic heterocycles. The van der Waals surface area contributed by atoms with Crippen LogP contribution in [0.15, 0.2) is 36.7 Å². The third kappa shape index (κ3) is 5.38. The monoisotopic (exact) mass is 356 g/mol. The lowest BCUT2D eigenvalue weighted by Crippen LogP contribution is -2.36. The molecule has 0 spiro atoms. The number of esters is 1. The molecule has 2 rings (SSSR count). The molecule has 1 aromatic carbocycles. The quantitative estimate of drug-likeness (QED) is 0.580. The Morgan fingerprint density at radius 2 is 1.88 bits per heavy atom. The van der Waals surface area contributed by atoms with Crippen molar-refractivity contribution in [2.45, 2.75) is 53.2 Å². The van der Waals surface area contributed by atoms with E-state index in [9.17, 15) is 9.90 Å². The number of aliphatic hydroxyl groups is 1. The zero-order valence-electron chi connectivity index (χ0n) is 16.0. The second-order valence-corrected chi connectivity index (χ2v) is 6.66. The van der Waals surface area contributed by atoms with Crippen molar-refractivity contribution < 1.29 is 14.6 Å². The van der Waals surface area contributed by atoms with Gasteiger partial charge in [0.05, 0.1) is 6.61 Å². The molecule has 0 aliphatic rings. The van der Waals surface area contributed by atoms with Gasteiger partial charge in [-0.3, -0.25) is 14.7 Å². The number of nitrogens with zero attached hydrogens (tertiary/aromatic N) is 2. The fourth-order valence-corrected chi connectivity index (χ4v) is 3.21. The minimum absolute atomic E-state index is 0.0731. The summed E-state index contributed by atoms with van der Waals surface area (Å²) in [5.74, 6) is 0.322. The van der Waals surface area contributed by atoms with Gasteiger partial charge in [-0.05, 0) is 48.6 Å². The second kappa shape index (κ2) is 9.46. The molecule has 0 amide bonds. The first-order valence-corrected chi connectivity index (χ1v) is 8.97. The molecular formula is C21H28N2O3. The number of aryl methyl sites for hydroxylation is 2. The number of carbonyl (C=O) groups excluding carboxylic acids is 1. The number of ether oxygens (including phenoxy) is 1. The molecule has 0 saturated carbocycles. The lowest BCUT2D eigenvalue weighted by molar-refractivity contribution is -0.131. The van der Waals surface area contributed by atoms with Gasteiger partial charge >= 0.3 is 5.97 Å². The number of pyridine rings is 1. The molecule has 0 unspecified atom stereocenters. The molecule has 140 valence electrons. The Morgan fingerprint density at radius 3 is 2.38 bits per heavy atom. The Morgan fingerprint density at radius 1 is 1.23 bits per heavy atom. The smallest absolute Gasteiger partial charge is 0.308 e. The second-order valence-electron chi connectivity index (χ2n) is 6.66. The average Bonchev–Trinajstić information content (AvgIpc) is 2.60. The van der Waals surface area contributed by atoms with E-state index in [0.29, 0.717) is 12.3 Å². The van der Waals surface area contributed by atoms with Crippen LogP contribution in [0, 0.1) is 13.8 Å². The molecule has 2 aromatic rings. The Hall–Kier alpha value is -2.24. The van der Waals surface area contributed by atoms with Crippen LogP contribution in [0.2, 0.25) is 0 Å². The SMILES string of the molecule is CC[C@H](CO)N(Cc1cccnc1)Cc1cc(C)c(OC(C)=O)c(C)c1. The van der Waals surface area contributed by atoms with Gasteiger partial charge < -0.3 is 9.84 Å². The third-order valence-electron chi connectivity index (χ3n) is 4.46. The predicted molar refractivity (Wildman–Crippen MR) is 102 cm³/mol. The summed E-state index contributed by atoms with van der Waals surface area (Å²) in [6.07, 6.45) is 4.48. The van der Waals surface area contributed by atoms with Gasteiger partial charge in [0.2, 0.25) is 0 Å². The van der Waals surface area contributed by atoms with Gasteiger partial charge in [-0.1, -0.05) is 25.1 Å². The Labute approximate surface area is 155 Å². The molecule has 1 atom stereocenters. The molecule has 0 radical (unpaired) electrons. The van der Waals surface area contributed by atoms with Crippen LogP contribution >= 0.6 is 0 Å². The van der Waals surface area contributed by atoms with Crippen LogP contribution in [-0.2, 0) is 17.9 Å². The average molecular weight is 356 g/mol. The highest BCUT2D eigenvalue weighted by atomic mass is 16.5. The van der Waals surface area contributed by atoms with Crippen LogP contribution in [-0.4, -0.2) is 33.6 Å². The maximum absolute atomic E-state index is 11.3. The first-order valence-electron chi connectivity index (χ1n) is 8.97.